The number of carbonyl (C=O) groups is 1. The largest absolute Gasteiger partial charge is 0.363 e. The highest BCUT2D eigenvalue weighted by molar-refractivity contribution is 5.84. The molecule has 0 radical (unpaired) electrons. The van der Waals surface area contributed by atoms with Crippen molar-refractivity contribution >= 4 is 5.91 Å². The Morgan fingerprint density at radius 3 is 2.56 bits per heavy atom. The van der Waals surface area contributed by atoms with Crippen LogP contribution in [0, 0.1) is 0 Å². The summed E-state index contributed by atoms with van der Waals surface area (Å²) in [6.07, 6.45) is 3.71. The summed E-state index contributed by atoms with van der Waals surface area (Å²) in [6, 6.07) is 9.92. The summed E-state index contributed by atoms with van der Waals surface area (Å²) in [4.78, 5) is 25.1. The van der Waals surface area contributed by atoms with Gasteiger partial charge in [-0.3, -0.25) is 9.69 Å². The van der Waals surface area contributed by atoms with Crippen LogP contribution in [0.15, 0.2) is 42.7 Å². The van der Waals surface area contributed by atoms with Crippen molar-refractivity contribution in [3.05, 3.63) is 48.3 Å². The van der Waals surface area contributed by atoms with Crippen molar-refractivity contribution < 1.29 is 9.53 Å². The van der Waals surface area contributed by atoms with Crippen LogP contribution < -0.4 is 0 Å². The van der Waals surface area contributed by atoms with Crippen molar-refractivity contribution in [3.8, 4) is 11.4 Å². The summed E-state index contributed by atoms with van der Waals surface area (Å²) in [5.41, 5.74) is 1.23. The summed E-state index contributed by atoms with van der Waals surface area (Å²) in [5, 5.41) is 0. The van der Waals surface area contributed by atoms with Crippen molar-refractivity contribution in [2.24, 2.45) is 0 Å². The maximum Gasteiger partial charge on any atom is 0.255 e. The minimum atomic E-state index is -0.799. The first kappa shape index (κ1) is 17.5. The average Bonchev–Trinajstić information content (AvgIpc) is 2.62. The second kappa shape index (κ2) is 7.29. The quantitative estimate of drug-likeness (QED) is 0.850. The molecular formula is C19H24N4O2. The number of hydrogen-bond acceptors (Lipinski definition) is 5. The predicted molar refractivity (Wildman–Crippen MR) is 95.8 cm³/mol. The molecule has 1 atom stereocenters. The van der Waals surface area contributed by atoms with E-state index in [1.54, 1.807) is 19.0 Å². The highest BCUT2D eigenvalue weighted by Gasteiger charge is 2.40. The molecule has 1 aliphatic rings. The molecule has 132 valence electrons. The van der Waals surface area contributed by atoms with Crippen LogP contribution in [0.3, 0.4) is 0 Å². The molecule has 2 heterocycles. The van der Waals surface area contributed by atoms with Crippen LogP contribution in [0.5, 0.6) is 0 Å². The van der Waals surface area contributed by atoms with Gasteiger partial charge in [0.1, 0.15) is 0 Å². The fraction of sp³-hybridized carbons (Fsp3) is 0.421. The lowest BCUT2D eigenvalue weighted by Crippen LogP contribution is -2.57. The van der Waals surface area contributed by atoms with E-state index in [2.05, 4.69) is 14.9 Å². The zero-order valence-electron chi connectivity index (χ0n) is 15.0. The topological polar surface area (TPSA) is 58.6 Å². The number of morpholine rings is 1. The first-order chi connectivity index (χ1) is 12.0. The lowest BCUT2D eigenvalue weighted by Gasteiger charge is -2.40. The molecule has 1 aliphatic heterocycles. The standard InChI is InChI=1S/C19H24N4O2/c1-19(18(24)22(2)3)14-23(9-10-25-19)13-15-11-20-17(21-12-15)16-7-5-4-6-8-16/h4-8,11-12H,9-10,13-14H2,1-3H3. The lowest BCUT2D eigenvalue weighted by atomic mass is 10.0. The van der Waals surface area contributed by atoms with E-state index in [0.717, 1.165) is 23.5 Å². The maximum absolute atomic E-state index is 12.4. The average molecular weight is 340 g/mol. The van der Waals surface area contributed by atoms with Crippen LogP contribution in [0.4, 0.5) is 0 Å². The number of aromatic nitrogens is 2. The van der Waals surface area contributed by atoms with Gasteiger partial charge in [0, 0.05) is 57.3 Å². The van der Waals surface area contributed by atoms with Gasteiger partial charge in [-0.2, -0.15) is 0 Å². The van der Waals surface area contributed by atoms with Gasteiger partial charge in [0.05, 0.1) is 6.61 Å². The van der Waals surface area contributed by atoms with Crippen molar-refractivity contribution in [1.29, 1.82) is 0 Å². The van der Waals surface area contributed by atoms with Crippen LogP contribution in [0.1, 0.15) is 12.5 Å². The van der Waals surface area contributed by atoms with Crippen LogP contribution in [-0.2, 0) is 16.1 Å². The zero-order chi connectivity index (χ0) is 17.9. The Hall–Kier alpha value is -2.31. The zero-order valence-corrected chi connectivity index (χ0v) is 15.0. The lowest BCUT2D eigenvalue weighted by molar-refractivity contribution is -0.165. The number of ether oxygens (including phenoxy) is 1. The van der Waals surface area contributed by atoms with E-state index in [1.807, 2.05) is 49.6 Å². The fourth-order valence-electron chi connectivity index (χ4n) is 3.12. The van der Waals surface area contributed by atoms with Gasteiger partial charge in [0.2, 0.25) is 0 Å². The van der Waals surface area contributed by atoms with Gasteiger partial charge >= 0.3 is 0 Å². The Kier molecular flexibility index (Phi) is 5.11. The van der Waals surface area contributed by atoms with Gasteiger partial charge in [0.15, 0.2) is 11.4 Å². The normalized spacial score (nSPS) is 21.1. The predicted octanol–water partition coefficient (Wildman–Crippen LogP) is 1.82. The second-order valence-corrected chi connectivity index (χ2v) is 6.77. The molecule has 6 nitrogen and oxygen atoms in total. The molecule has 1 aromatic heterocycles. The van der Waals surface area contributed by atoms with Crippen molar-refractivity contribution in [3.63, 3.8) is 0 Å². The molecule has 0 spiro atoms. The van der Waals surface area contributed by atoms with Crippen LogP contribution in [0.25, 0.3) is 11.4 Å². The molecule has 1 amide bonds. The van der Waals surface area contributed by atoms with Crippen LogP contribution >= 0.6 is 0 Å². The number of amides is 1. The smallest absolute Gasteiger partial charge is 0.255 e. The van der Waals surface area contributed by atoms with E-state index < -0.39 is 5.60 Å². The maximum atomic E-state index is 12.4. The summed E-state index contributed by atoms with van der Waals surface area (Å²) in [7, 11) is 3.51. The Morgan fingerprint density at radius 2 is 1.92 bits per heavy atom. The first-order valence-corrected chi connectivity index (χ1v) is 8.42. The molecule has 1 fully saturated rings. The van der Waals surface area contributed by atoms with Gasteiger partial charge in [-0.25, -0.2) is 9.97 Å². The minimum Gasteiger partial charge on any atom is -0.363 e. The summed E-state index contributed by atoms with van der Waals surface area (Å²) < 4.78 is 5.77. The molecule has 25 heavy (non-hydrogen) atoms. The molecule has 0 N–H and O–H groups in total. The van der Waals surface area contributed by atoms with E-state index in [4.69, 9.17) is 4.74 Å². The third-order valence-electron chi connectivity index (χ3n) is 4.36. The Labute approximate surface area is 148 Å². The Bertz CT molecular complexity index is 718. The first-order valence-electron chi connectivity index (χ1n) is 8.42. The molecule has 0 bridgehead atoms. The molecule has 1 aromatic carbocycles. The molecule has 1 unspecified atom stereocenters. The third kappa shape index (κ3) is 4.03. The van der Waals surface area contributed by atoms with Crippen molar-refractivity contribution in [1.82, 2.24) is 19.8 Å². The van der Waals surface area contributed by atoms with E-state index in [1.165, 1.54) is 0 Å². The summed E-state index contributed by atoms with van der Waals surface area (Å²) >= 11 is 0. The number of hydrogen-bond donors (Lipinski definition) is 0. The Morgan fingerprint density at radius 1 is 1.24 bits per heavy atom. The molecule has 3 rings (SSSR count). The van der Waals surface area contributed by atoms with Crippen LogP contribution in [0.2, 0.25) is 0 Å². The molecule has 1 saturated heterocycles. The second-order valence-electron chi connectivity index (χ2n) is 6.77. The number of nitrogens with zero attached hydrogens (tertiary/aromatic N) is 4. The molecule has 0 saturated carbocycles. The highest BCUT2D eigenvalue weighted by atomic mass is 16.5. The summed E-state index contributed by atoms with van der Waals surface area (Å²) in [5.74, 6) is 0.715. The van der Waals surface area contributed by atoms with Gasteiger partial charge in [-0.15, -0.1) is 0 Å². The van der Waals surface area contributed by atoms with Gasteiger partial charge in [-0.05, 0) is 6.92 Å². The Balaban J connectivity index is 1.67. The minimum absolute atomic E-state index is 0.00660. The van der Waals surface area contributed by atoms with E-state index in [0.29, 0.717) is 19.7 Å². The molecule has 6 heteroatoms. The fourth-order valence-corrected chi connectivity index (χ4v) is 3.12. The van der Waals surface area contributed by atoms with Gasteiger partial charge < -0.3 is 9.64 Å². The molecule has 2 aromatic rings. The van der Waals surface area contributed by atoms with Gasteiger partial charge in [0.25, 0.3) is 5.91 Å². The van der Waals surface area contributed by atoms with Crippen molar-refractivity contribution in [2.75, 3.05) is 33.8 Å². The summed E-state index contributed by atoms with van der Waals surface area (Å²) in [6.45, 7) is 4.45. The number of likely N-dealkylation sites (N-methyl/N-ethyl adjacent to an activating group) is 1. The monoisotopic (exact) mass is 340 g/mol. The number of rotatable bonds is 4. The molecular weight excluding hydrogens is 316 g/mol. The van der Waals surface area contributed by atoms with E-state index >= 15 is 0 Å². The molecule has 0 aliphatic carbocycles. The van der Waals surface area contributed by atoms with Crippen LogP contribution in [-0.4, -0.2) is 65.1 Å². The third-order valence-corrected chi connectivity index (χ3v) is 4.36. The number of benzene rings is 1. The van der Waals surface area contributed by atoms with E-state index in [9.17, 15) is 4.79 Å². The van der Waals surface area contributed by atoms with Crippen molar-refractivity contribution in [2.45, 2.75) is 19.1 Å². The highest BCUT2D eigenvalue weighted by Crippen LogP contribution is 2.21. The van der Waals surface area contributed by atoms with E-state index in [-0.39, 0.29) is 5.91 Å². The number of carbonyl (C=O) groups excluding carboxylic acids is 1. The van der Waals surface area contributed by atoms with Gasteiger partial charge in [-0.1, -0.05) is 30.3 Å². The SMILES string of the molecule is CN(C)C(=O)C1(C)CN(Cc2cnc(-c3ccccc3)nc2)CCO1.